The van der Waals surface area contributed by atoms with Gasteiger partial charge in [0, 0.05) is 34.4 Å². The van der Waals surface area contributed by atoms with E-state index >= 15 is 0 Å². The molecule has 1 unspecified atom stereocenters. The Bertz CT molecular complexity index is 456. The normalized spacial score (nSPS) is 20.4. The summed E-state index contributed by atoms with van der Waals surface area (Å²) in [5, 5.41) is 5.50. The van der Waals surface area contributed by atoms with Gasteiger partial charge in [0.1, 0.15) is 5.60 Å². The molecule has 0 radical (unpaired) electrons. The lowest BCUT2D eigenvalue weighted by Crippen LogP contribution is -2.49. The molecule has 1 fully saturated rings. The third-order valence-corrected chi connectivity index (χ3v) is 4.57. The van der Waals surface area contributed by atoms with E-state index in [1.807, 2.05) is 20.8 Å². The van der Waals surface area contributed by atoms with Crippen LogP contribution in [0, 0.1) is 0 Å². The van der Waals surface area contributed by atoms with Crippen LogP contribution in [0.1, 0.15) is 31.7 Å². The van der Waals surface area contributed by atoms with Crippen LogP contribution in [0.4, 0.5) is 4.79 Å². The molecule has 1 N–H and O–H groups in total. The summed E-state index contributed by atoms with van der Waals surface area (Å²) in [5.74, 6) is 0. The summed E-state index contributed by atoms with van der Waals surface area (Å²) >= 11 is 5.15. The summed E-state index contributed by atoms with van der Waals surface area (Å²) < 4.78 is 6.51. The quantitative estimate of drug-likeness (QED) is 0.847. The molecule has 4 nitrogen and oxygen atoms in total. The Labute approximate surface area is 126 Å². The summed E-state index contributed by atoms with van der Waals surface area (Å²) in [4.78, 5) is 15.1. The zero-order chi connectivity index (χ0) is 14.0. The molecule has 0 spiro atoms. The fraction of sp³-hybridized carbons (Fsp3) is 0.615. The van der Waals surface area contributed by atoms with Gasteiger partial charge in [0.25, 0.3) is 0 Å². The van der Waals surface area contributed by atoms with E-state index in [4.69, 9.17) is 4.74 Å². The first-order valence-corrected chi connectivity index (χ1v) is 7.98. The number of nitrogens with one attached hydrogen (secondary N) is 1. The predicted octanol–water partition coefficient (Wildman–Crippen LogP) is 3.39. The Morgan fingerprint density at radius 3 is 2.89 bits per heavy atom. The van der Waals surface area contributed by atoms with Crippen molar-refractivity contribution < 1.29 is 9.53 Å². The number of thiophene rings is 1. The predicted molar refractivity (Wildman–Crippen MR) is 80.6 cm³/mol. The van der Waals surface area contributed by atoms with Gasteiger partial charge in [-0.3, -0.25) is 0 Å². The van der Waals surface area contributed by atoms with Crippen LogP contribution < -0.4 is 5.32 Å². The van der Waals surface area contributed by atoms with Gasteiger partial charge in [0.15, 0.2) is 0 Å². The molecule has 2 heterocycles. The van der Waals surface area contributed by atoms with Crippen LogP contribution in [0.15, 0.2) is 15.9 Å². The molecule has 106 valence electrons. The maximum atomic E-state index is 12.1. The first-order chi connectivity index (χ1) is 8.85. The molecule has 1 aliphatic rings. The highest BCUT2D eigenvalue weighted by Gasteiger charge is 2.28. The zero-order valence-corrected chi connectivity index (χ0v) is 13.8. The fourth-order valence-corrected chi connectivity index (χ4v) is 3.46. The highest BCUT2D eigenvalue weighted by atomic mass is 79.9. The van der Waals surface area contributed by atoms with Gasteiger partial charge in [0.2, 0.25) is 0 Å². The number of amides is 1. The van der Waals surface area contributed by atoms with Gasteiger partial charge < -0.3 is 15.0 Å². The van der Waals surface area contributed by atoms with Gasteiger partial charge in [-0.25, -0.2) is 4.79 Å². The van der Waals surface area contributed by atoms with E-state index in [2.05, 4.69) is 32.7 Å². The molecule has 1 saturated heterocycles. The van der Waals surface area contributed by atoms with E-state index in [9.17, 15) is 4.79 Å². The van der Waals surface area contributed by atoms with Crippen molar-refractivity contribution in [2.24, 2.45) is 0 Å². The number of ether oxygens (including phenoxy) is 1. The molecule has 1 aromatic rings. The average Bonchev–Trinajstić information content (AvgIpc) is 2.74. The number of halogens is 1. The van der Waals surface area contributed by atoms with E-state index in [-0.39, 0.29) is 12.1 Å². The second kappa shape index (κ2) is 5.81. The van der Waals surface area contributed by atoms with Gasteiger partial charge in [-0.15, -0.1) is 11.3 Å². The Kier molecular flexibility index (Phi) is 4.53. The molecule has 19 heavy (non-hydrogen) atoms. The molecule has 0 bridgehead atoms. The fourth-order valence-electron chi connectivity index (χ4n) is 1.94. The number of carbonyl (C=O) groups is 1. The molecule has 6 heteroatoms. The van der Waals surface area contributed by atoms with Gasteiger partial charge in [-0.1, -0.05) is 0 Å². The smallest absolute Gasteiger partial charge is 0.410 e. The lowest BCUT2D eigenvalue weighted by atomic mass is 10.2. The van der Waals surface area contributed by atoms with Crippen molar-refractivity contribution in [3.05, 3.63) is 20.8 Å². The summed E-state index contributed by atoms with van der Waals surface area (Å²) in [5.41, 5.74) is -0.441. The number of hydrogen-bond donors (Lipinski definition) is 1. The first kappa shape index (κ1) is 14.8. The minimum absolute atomic E-state index is 0.192. The van der Waals surface area contributed by atoms with Crippen LogP contribution in [0.25, 0.3) is 0 Å². The topological polar surface area (TPSA) is 41.6 Å². The zero-order valence-electron chi connectivity index (χ0n) is 11.4. The van der Waals surface area contributed by atoms with Crippen molar-refractivity contribution in [1.82, 2.24) is 10.2 Å². The maximum absolute atomic E-state index is 12.1. The van der Waals surface area contributed by atoms with Crippen LogP contribution in [-0.2, 0) is 4.74 Å². The number of piperazine rings is 1. The van der Waals surface area contributed by atoms with Gasteiger partial charge in [-0.05, 0) is 42.8 Å². The third kappa shape index (κ3) is 4.19. The van der Waals surface area contributed by atoms with Crippen molar-refractivity contribution in [2.45, 2.75) is 32.4 Å². The Balaban J connectivity index is 1.99. The highest BCUT2D eigenvalue weighted by Crippen LogP contribution is 2.27. The minimum Gasteiger partial charge on any atom is -0.444 e. The van der Waals surface area contributed by atoms with E-state index in [0.717, 1.165) is 11.0 Å². The van der Waals surface area contributed by atoms with Gasteiger partial charge in [0.05, 0.1) is 6.04 Å². The molecule has 0 saturated carbocycles. The standard InChI is InChI=1S/C13H19BrN2O2S/c1-13(2,3)18-12(17)16-5-4-15-10(7-16)11-6-9(14)8-19-11/h6,8,10,15H,4-5,7H2,1-3H3. The number of carbonyl (C=O) groups excluding carboxylic acids is 1. The van der Waals surface area contributed by atoms with Gasteiger partial charge >= 0.3 is 6.09 Å². The van der Waals surface area contributed by atoms with Crippen molar-refractivity contribution in [3.63, 3.8) is 0 Å². The molecular weight excluding hydrogens is 328 g/mol. The summed E-state index contributed by atoms with van der Waals surface area (Å²) in [7, 11) is 0. The van der Waals surface area contributed by atoms with Crippen LogP contribution in [0.3, 0.4) is 0 Å². The molecule has 0 aliphatic carbocycles. The second-order valence-corrected chi connectivity index (χ2v) is 7.46. The van der Waals surface area contributed by atoms with Crippen molar-refractivity contribution in [1.29, 1.82) is 0 Å². The highest BCUT2D eigenvalue weighted by molar-refractivity contribution is 9.10. The Hall–Kier alpha value is -0.590. The largest absolute Gasteiger partial charge is 0.444 e. The number of rotatable bonds is 1. The first-order valence-electron chi connectivity index (χ1n) is 6.30. The molecule has 1 atom stereocenters. The van der Waals surface area contributed by atoms with Crippen LogP contribution in [0.5, 0.6) is 0 Å². The van der Waals surface area contributed by atoms with Gasteiger partial charge in [-0.2, -0.15) is 0 Å². The van der Waals surface area contributed by atoms with Crippen molar-refractivity contribution >= 4 is 33.4 Å². The van der Waals surface area contributed by atoms with Crippen molar-refractivity contribution in [3.8, 4) is 0 Å². The molecular formula is C13H19BrN2O2S. The molecule has 2 rings (SSSR count). The summed E-state index contributed by atoms with van der Waals surface area (Å²) in [6, 6.07) is 2.29. The van der Waals surface area contributed by atoms with E-state index < -0.39 is 5.60 Å². The lowest BCUT2D eigenvalue weighted by molar-refractivity contribution is 0.0196. The number of nitrogens with zero attached hydrogens (tertiary/aromatic N) is 1. The lowest BCUT2D eigenvalue weighted by Gasteiger charge is -2.34. The maximum Gasteiger partial charge on any atom is 0.410 e. The number of hydrogen-bond acceptors (Lipinski definition) is 4. The van der Waals surface area contributed by atoms with Crippen molar-refractivity contribution in [2.75, 3.05) is 19.6 Å². The SMILES string of the molecule is CC(C)(C)OC(=O)N1CCNC(c2cc(Br)cs2)C1. The molecule has 1 amide bonds. The third-order valence-electron chi connectivity index (χ3n) is 2.76. The van der Waals surface area contributed by atoms with E-state index in [1.54, 1.807) is 16.2 Å². The van der Waals surface area contributed by atoms with Crippen LogP contribution in [-0.4, -0.2) is 36.2 Å². The van der Waals surface area contributed by atoms with Crippen LogP contribution in [0.2, 0.25) is 0 Å². The molecule has 0 aromatic carbocycles. The van der Waals surface area contributed by atoms with E-state index in [1.165, 1.54) is 4.88 Å². The monoisotopic (exact) mass is 346 g/mol. The van der Waals surface area contributed by atoms with E-state index in [0.29, 0.717) is 13.1 Å². The second-order valence-electron chi connectivity index (χ2n) is 5.60. The Morgan fingerprint density at radius 1 is 1.58 bits per heavy atom. The minimum atomic E-state index is -0.441. The van der Waals surface area contributed by atoms with Crippen LogP contribution >= 0.6 is 27.3 Å². The molecule has 1 aromatic heterocycles. The summed E-state index contributed by atoms with van der Waals surface area (Å²) in [6.07, 6.45) is -0.227. The molecule has 1 aliphatic heterocycles. The average molecular weight is 347 g/mol. The summed E-state index contributed by atoms with van der Waals surface area (Å²) in [6.45, 7) is 7.81. The Morgan fingerprint density at radius 2 is 2.32 bits per heavy atom.